The molecule has 0 aliphatic heterocycles. The van der Waals surface area contributed by atoms with Crippen LogP contribution in [0.4, 0.5) is 17.2 Å². The highest BCUT2D eigenvalue weighted by Gasteiger charge is 2.06. The van der Waals surface area contributed by atoms with Gasteiger partial charge in [-0.25, -0.2) is 4.98 Å². The van der Waals surface area contributed by atoms with Gasteiger partial charge >= 0.3 is 0 Å². The van der Waals surface area contributed by atoms with Gasteiger partial charge in [0.15, 0.2) is 0 Å². The molecular formula is C19H19N3OS. The smallest absolute Gasteiger partial charge is 0.230 e. The summed E-state index contributed by atoms with van der Waals surface area (Å²) in [6, 6.07) is 13.9. The van der Waals surface area contributed by atoms with Crippen LogP contribution < -0.4 is 10.6 Å². The normalized spacial score (nSPS) is 10.4. The molecule has 0 spiro atoms. The van der Waals surface area contributed by atoms with Crippen LogP contribution in [0, 0.1) is 13.8 Å². The number of thiophene rings is 1. The Kier molecular flexibility index (Phi) is 4.91. The SMILES string of the molecule is Cc1cc(C)cc(Nc2ccc(NC(=O)Cc3cccs3)nc2)c1. The fourth-order valence-electron chi connectivity index (χ4n) is 2.51. The van der Waals surface area contributed by atoms with Crippen molar-refractivity contribution in [3.8, 4) is 0 Å². The Morgan fingerprint density at radius 2 is 1.88 bits per heavy atom. The lowest BCUT2D eigenvalue weighted by atomic mass is 10.1. The number of hydrogen-bond donors (Lipinski definition) is 2. The fraction of sp³-hybridized carbons (Fsp3) is 0.158. The highest BCUT2D eigenvalue weighted by Crippen LogP contribution is 2.20. The number of carbonyl (C=O) groups excluding carboxylic acids is 1. The minimum Gasteiger partial charge on any atom is -0.354 e. The van der Waals surface area contributed by atoms with Crippen molar-refractivity contribution in [2.24, 2.45) is 0 Å². The topological polar surface area (TPSA) is 54.0 Å². The van der Waals surface area contributed by atoms with Crippen molar-refractivity contribution >= 4 is 34.4 Å². The zero-order valence-corrected chi connectivity index (χ0v) is 14.5. The van der Waals surface area contributed by atoms with Gasteiger partial charge in [0.2, 0.25) is 5.91 Å². The molecule has 2 heterocycles. The number of anilines is 3. The van der Waals surface area contributed by atoms with Crippen molar-refractivity contribution in [2.75, 3.05) is 10.6 Å². The van der Waals surface area contributed by atoms with Crippen LogP contribution in [0.3, 0.4) is 0 Å². The number of benzene rings is 1. The van der Waals surface area contributed by atoms with E-state index in [1.54, 1.807) is 23.6 Å². The van der Waals surface area contributed by atoms with Crippen LogP contribution in [-0.4, -0.2) is 10.9 Å². The first kappa shape index (κ1) is 16.2. The van der Waals surface area contributed by atoms with Gasteiger partial charge in [0.05, 0.1) is 18.3 Å². The van der Waals surface area contributed by atoms with Gasteiger partial charge in [-0.15, -0.1) is 11.3 Å². The molecule has 0 aliphatic rings. The highest BCUT2D eigenvalue weighted by molar-refractivity contribution is 7.10. The van der Waals surface area contributed by atoms with E-state index in [0.717, 1.165) is 16.3 Å². The molecule has 3 aromatic rings. The largest absolute Gasteiger partial charge is 0.354 e. The number of aryl methyl sites for hydroxylation is 2. The van der Waals surface area contributed by atoms with Gasteiger partial charge in [0.25, 0.3) is 0 Å². The lowest BCUT2D eigenvalue weighted by Gasteiger charge is -2.09. The van der Waals surface area contributed by atoms with E-state index in [0.29, 0.717) is 12.2 Å². The number of nitrogens with zero attached hydrogens (tertiary/aromatic N) is 1. The second-order valence-corrected chi connectivity index (χ2v) is 6.77. The zero-order chi connectivity index (χ0) is 16.9. The average Bonchev–Trinajstić information content (AvgIpc) is 3.01. The van der Waals surface area contributed by atoms with E-state index < -0.39 is 0 Å². The molecule has 122 valence electrons. The number of pyridine rings is 1. The van der Waals surface area contributed by atoms with Crippen molar-refractivity contribution in [2.45, 2.75) is 20.3 Å². The Bertz CT molecular complexity index is 806. The van der Waals surface area contributed by atoms with E-state index in [9.17, 15) is 4.79 Å². The highest BCUT2D eigenvalue weighted by atomic mass is 32.1. The molecule has 4 nitrogen and oxygen atoms in total. The van der Waals surface area contributed by atoms with Crippen molar-refractivity contribution in [3.63, 3.8) is 0 Å². The van der Waals surface area contributed by atoms with Gasteiger partial charge in [0, 0.05) is 10.6 Å². The summed E-state index contributed by atoms with van der Waals surface area (Å²) in [5.74, 6) is 0.502. The fourth-order valence-corrected chi connectivity index (χ4v) is 3.22. The van der Waals surface area contributed by atoms with E-state index in [-0.39, 0.29) is 5.91 Å². The third kappa shape index (κ3) is 4.43. The molecule has 1 aromatic carbocycles. The molecule has 0 bridgehead atoms. The Morgan fingerprint density at radius 3 is 2.50 bits per heavy atom. The minimum absolute atomic E-state index is 0.0556. The van der Waals surface area contributed by atoms with Crippen LogP contribution in [0.2, 0.25) is 0 Å². The molecule has 0 saturated heterocycles. The molecular weight excluding hydrogens is 318 g/mol. The first-order chi connectivity index (χ1) is 11.6. The third-order valence-corrected chi connectivity index (χ3v) is 4.33. The summed E-state index contributed by atoms with van der Waals surface area (Å²) in [6.07, 6.45) is 2.10. The minimum atomic E-state index is -0.0556. The molecule has 0 atom stereocenters. The van der Waals surface area contributed by atoms with Crippen molar-refractivity contribution in [1.29, 1.82) is 0 Å². The molecule has 0 saturated carbocycles. The maximum absolute atomic E-state index is 12.0. The second kappa shape index (κ2) is 7.27. The van der Waals surface area contributed by atoms with Crippen LogP contribution in [0.15, 0.2) is 54.0 Å². The standard InChI is InChI=1S/C19H19N3OS/c1-13-8-14(2)10-16(9-13)21-15-5-6-18(20-12-15)22-19(23)11-17-4-3-7-24-17/h3-10,12,21H,11H2,1-2H3,(H,20,22,23). The molecule has 5 heteroatoms. The maximum Gasteiger partial charge on any atom is 0.230 e. The molecule has 0 fully saturated rings. The second-order valence-electron chi connectivity index (χ2n) is 5.74. The number of hydrogen-bond acceptors (Lipinski definition) is 4. The molecule has 1 amide bonds. The Labute approximate surface area is 145 Å². The van der Waals surface area contributed by atoms with Crippen molar-refractivity contribution in [3.05, 3.63) is 70.0 Å². The summed E-state index contributed by atoms with van der Waals surface area (Å²) >= 11 is 1.58. The third-order valence-electron chi connectivity index (χ3n) is 3.46. The lowest BCUT2D eigenvalue weighted by Crippen LogP contribution is -2.14. The van der Waals surface area contributed by atoms with E-state index in [2.05, 4.69) is 47.7 Å². The summed E-state index contributed by atoms with van der Waals surface area (Å²) in [4.78, 5) is 17.3. The molecule has 2 N–H and O–H groups in total. The predicted molar refractivity (Wildman–Crippen MR) is 100 cm³/mol. The quantitative estimate of drug-likeness (QED) is 0.710. The summed E-state index contributed by atoms with van der Waals surface area (Å²) in [5.41, 5.74) is 4.34. The summed E-state index contributed by atoms with van der Waals surface area (Å²) in [5, 5.41) is 8.11. The Hall–Kier alpha value is -2.66. The van der Waals surface area contributed by atoms with Crippen molar-refractivity contribution < 1.29 is 4.79 Å². The number of carbonyl (C=O) groups is 1. The predicted octanol–water partition coefficient (Wildman–Crippen LogP) is 4.68. The van der Waals surface area contributed by atoms with Crippen LogP contribution in [-0.2, 0) is 11.2 Å². The monoisotopic (exact) mass is 337 g/mol. The van der Waals surface area contributed by atoms with E-state index >= 15 is 0 Å². The molecule has 0 radical (unpaired) electrons. The van der Waals surface area contributed by atoms with Crippen LogP contribution in [0.5, 0.6) is 0 Å². The molecule has 3 rings (SSSR count). The lowest BCUT2D eigenvalue weighted by molar-refractivity contribution is -0.115. The van der Waals surface area contributed by atoms with E-state index in [4.69, 9.17) is 0 Å². The maximum atomic E-state index is 12.0. The average molecular weight is 337 g/mol. The Morgan fingerprint density at radius 1 is 1.08 bits per heavy atom. The van der Waals surface area contributed by atoms with Crippen molar-refractivity contribution in [1.82, 2.24) is 4.98 Å². The summed E-state index contributed by atoms with van der Waals surface area (Å²) < 4.78 is 0. The van der Waals surface area contributed by atoms with Gasteiger partial charge < -0.3 is 10.6 Å². The molecule has 0 aliphatic carbocycles. The summed E-state index contributed by atoms with van der Waals surface area (Å²) in [6.45, 7) is 4.14. The van der Waals surface area contributed by atoms with E-state index in [1.165, 1.54) is 11.1 Å². The molecule has 0 unspecified atom stereocenters. The molecule has 2 aromatic heterocycles. The van der Waals surface area contributed by atoms with Gasteiger partial charge in [-0.3, -0.25) is 4.79 Å². The number of nitrogens with one attached hydrogen (secondary N) is 2. The first-order valence-corrected chi connectivity index (χ1v) is 8.60. The zero-order valence-electron chi connectivity index (χ0n) is 13.7. The van der Waals surface area contributed by atoms with Gasteiger partial charge in [-0.2, -0.15) is 0 Å². The number of amides is 1. The number of aromatic nitrogens is 1. The van der Waals surface area contributed by atoms with E-state index in [1.807, 2.05) is 23.6 Å². The van der Waals surface area contributed by atoms with Crippen LogP contribution in [0.25, 0.3) is 0 Å². The van der Waals surface area contributed by atoms with Gasteiger partial charge in [-0.1, -0.05) is 12.1 Å². The summed E-state index contributed by atoms with van der Waals surface area (Å²) in [7, 11) is 0. The molecule has 24 heavy (non-hydrogen) atoms. The number of rotatable bonds is 5. The van der Waals surface area contributed by atoms with Gasteiger partial charge in [-0.05, 0) is 60.7 Å². The van der Waals surface area contributed by atoms with Crippen LogP contribution >= 0.6 is 11.3 Å². The van der Waals surface area contributed by atoms with Crippen LogP contribution in [0.1, 0.15) is 16.0 Å². The Balaban J connectivity index is 1.61. The first-order valence-electron chi connectivity index (χ1n) is 7.72. The van der Waals surface area contributed by atoms with Gasteiger partial charge in [0.1, 0.15) is 5.82 Å².